The highest BCUT2D eigenvalue weighted by atomic mass is 32.2. The molecule has 0 atom stereocenters. The van der Waals surface area contributed by atoms with Gasteiger partial charge in [0.25, 0.3) is 5.91 Å². The number of nitrogens with one attached hydrogen (secondary N) is 1. The van der Waals surface area contributed by atoms with Crippen LogP contribution in [0.2, 0.25) is 0 Å². The van der Waals surface area contributed by atoms with Gasteiger partial charge in [0, 0.05) is 38.4 Å². The molecule has 1 saturated heterocycles. The van der Waals surface area contributed by atoms with Crippen molar-refractivity contribution in [2.24, 2.45) is 0 Å². The van der Waals surface area contributed by atoms with Gasteiger partial charge in [-0.25, -0.2) is 4.98 Å². The summed E-state index contributed by atoms with van der Waals surface area (Å²) in [5.74, 6) is 1.06. The molecule has 2 aliphatic rings. The van der Waals surface area contributed by atoms with Gasteiger partial charge in [-0.05, 0) is 30.2 Å². The predicted molar refractivity (Wildman–Crippen MR) is 117 cm³/mol. The van der Waals surface area contributed by atoms with Crippen LogP contribution < -0.4 is 14.8 Å². The van der Waals surface area contributed by atoms with Crippen molar-refractivity contribution >= 4 is 46.2 Å². The highest BCUT2D eigenvalue weighted by molar-refractivity contribution is 8.26. The van der Waals surface area contributed by atoms with E-state index < -0.39 is 0 Å². The molecule has 0 saturated carbocycles. The van der Waals surface area contributed by atoms with Gasteiger partial charge in [-0.1, -0.05) is 30.0 Å². The Morgan fingerprint density at radius 3 is 3.00 bits per heavy atom. The average molecular weight is 445 g/mol. The molecule has 0 bridgehead atoms. The molecule has 3 heterocycles. The number of aryl methyl sites for hydroxylation is 1. The Labute approximate surface area is 183 Å². The summed E-state index contributed by atoms with van der Waals surface area (Å²) in [6, 6.07) is 5.50. The second-order valence-corrected chi connectivity index (χ2v) is 8.38. The van der Waals surface area contributed by atoms with E-state index in [0.29, 0.717) is 27.3 Å². The molecule has 1 N–H and O–H groups in total. The number of aromatic nitrogens is 2. The number of thiocarbonyl (C=S) groups is 1. The summed E-state index contributed by atoms with van der Waals surface area (Å²) in [5, 5.41) is 2.87. The largest absolute Gasteiger partial charge is 0.454 e. The lowest BCUT2D eigenvalue weighted by Gasteiger charge is -2.14. The lowest BCUT2D eigenvalue weighted by Crippen LogP contribution is -2.34. The van der Waals surface area contributed by atoms with Crippen molar-refractivity contribution in [2.75, 3.05) is 19.9 Å². The molecule has 1 fully saturated rings. The molecular formula is C20H20N4O4S2. The van der Waals surface area contributed by atoms with Crippen LogP contribution >= 0.6 is 24.0 Å². The van der Waals surface area contributed by atoms with Gasteiger partial charge >= 0.3 is 0 Å². The van der Waals surface area contributed by atoms with Gasteiger partial charge in [-0.2, -0.15) is 0 Å². The summed E-state index contributed by atoms with van der Waals surface area (Å²) in [6.45, 7) is 1.82. The van der Waals surface area contributed by atoms with Crippen molar-refractivity contribution in [3.8, 4) is 11.5 Å². The van der Waals surface area contributed by atoms with Crippen molar-refractivity contribution in [1.82, 2.24) is 19.8 Å². The Bertz CT molecular complexity index is 991. The average Bonchev–Trinajstić information content (AvgIpc) is 3.46. The number of imidazole rings is 1. The molecule has 156 valence electrons. The van der Waals surface area contributed by atoms with Gasteiger partial charge in [0.2, 0.25) is 12.7 Å². The Kier molecular flexibility index (Phi) is 6.34. The summed E-state index contributed by atoms with van der Waals surface area (Å²) in [4.78, 5) is 30.8. The van der Waals surface area contributed by atoms with Crippen molar-refractivity contribution in [3.05, 3.63) is 47.4 Å². The first-order valence-electron chi connectivity index (χ1n) is 9.47. The number of benzene rings is 1. The van der Waals surface area contributed by atoms with Crippen LogP contribution in [0.1, 0.15) is 18.4 Å². The highest BCUT2D eigenvalue weighted by Gasteiger charge is 2.32. The van der Waals surface area contributed by atoms with Gasteiger partial charge in [0.15, 0.2) is 11.5 Å². The molecule has 8 nitrogen and oxygen atoms in total. The van der Waals surface area contributed by atoms with E-state index >= 15 is 0 Å². The molecule has 30 heavy (non-hydrogen) atoms. The zero-order valence-corrected chi connectivity index (χ0v) is 17.7. The third-order valence-corrected chi connectivity index (χ3v) is 5.98. The Morgan fingerprint density at radius 2 is 2.17 bits per heavy atom. The minimum atomic E-state index is -0.185. The molecule has 0 unspecified atom stereocenters. The number of carbonyl (C=O) groups excluding carboxylic acids is 2. The van der Waals surface area contributed by atoms with Gasteiger partial charge < -0.3 is 19.4 Å². The molecule has 0 aliphatic carbocycles. The fraction of sp³-hybridized carbons (Fsp3) is 0.300. The fourth-order valence-corrected chi connectivity index (χ4v) is 4.37. The number of carbonyl (C=O) groups is 2. The van der Waals surface area contributed by atoms with E-state index in [4.69, 9.17) is 21.7 Å². The van der Waals surface area contributed by atoms with Gasteiger partial charge in [0.1, 0.15) is 4.32 Å². The zero-order valence-electron chi connectivity index (χ0n) is 16.1. The summed E-state index contributed by atoms with van der Waals surface area (Å²) in [7, 11) is 0. The van der Waals surface area contributed by atoms with Gasteiger partial charge in [-0.15, -0.1) is 0 Å². The van der Waals surface area contributed by atoms with E-state index in [-0.39, 0.29) is 31.6 Å². The van der Waals surface area contributed by atoms with Crippen molar-refractivity contribution in [2.45, 2.75) is 19.4 Å². The summed E-state index contributed by atoms with van der Waals surface area (Å²) >= 11 is 6.57. The Hall–Kier alpha value is -2.85. The van der Waals surface area contributed by atoms with Crippen molar-refractivity contribution in [1.29, 1.82) is 0 Å². The maximum absolute atomic E-state index is 12.7. The van der Waals surface area contributed by atoms with Crippen LogP contribution in [-0.2, 0) is 16.1 Å². The second-order valence-electron chi connectivity index (χ2n) is 6.70. The minimum Gasteiger partial charge on any atom is -0.454 e. The van der Waals surface area contributed by atoms with E-state index in [9.17, 15) is 9.59 Å². The quantitative estimate of drug-likeness (QED) is 0.380. The molecule has 0 spiro atoms. The topological polar surface area (TPSA) is 85.7 Å². The minimum absolute atomic E-state index is 0.102. The molecule has 4 rings (SSSR count). The maximum Gasteiger partial charge on any atom is 0.266 e. The molecule has 2 aliphatic heterocycles. The summed E-state index contributed by atoms with van der Waals surface area (Å²) < 4.78 is 13.1. The molecule has 1 aromatic heterocycles. The standard InChI is InChI=1S/C20H20N4O4S2/c25-18(22-5-1-7-23-9-6-21-12-23)4-8-24-19(26)17(30-20(24)29)11-14-2-3-15-16(10-14)28-13-27-15/h2-3,6,9-12H,1,4-5,7-8,13H2,(H,22,25). The Balaban J connectivity index is 1.26. The third kappa shape index (κ3) is 4.82. The van der Waals surface area contributed by atoms with E-state index in [1.165, 1.54) is 16.7 Å². The second kappa shape index (κ2) is 9.31. The molecular weight excluding hydrogens is 424 g/mol. The summed E-state index contributed by atoms with van der Waals surface area (Å²) in [5.41, 5.74) is 0.829. The van der Waals surface area contributed by atoms with Crippen LogP contribution in [0.4, 0.5) is 0 Å². The monoisotopic (exact) mass is 444 g/mol. The smallest absolute Gasteiger partial charge is 0.266 e. The molecule has 0 radical (unpaired) electrons. The zero-order chi connectivity index (χ0) is 20.9. The fourth-order valence-electron chi connectivity index (χ4n) is 3.06. The number of hydrogen-bond donors (Lipinski definition) is 1. The van der Waals surface area contributed by atoms with Crippen LogP contribution in [-0.4, -0.2) is 50.5 Å². The lowest BCUT2D eigenvalue weighted by molar-refractivity contribution is -0.123. The van der Waals surface area contributed by atoms with E-state index in [0.717, 1.165) is 18.5 Å². The first-order valence-corrected chi connectivity index (χ1v) is 10.7. The Morgan fingerprint density at radius 1 is 1.30 bits per heavy atom. The lowest BCUT2D eigenvalue weighted by atomic mass is 10.2. The van der Waals surface area contributed by atoms with Crippen molar-refractivity contribution in [3.63, 3.8) is 0 Å². The number of fused-ring (bicyclic) bond motifs is 1. The SMILES string of the molecule is O=C(CCN1C(=O)C(=Cc2ccc3c(c2)OCO3)SC1=S)NCCCn1ccnc1. The molecule has 1 aromatic carbocycles. The third-order valence-electron chi connectivity index (χ3n) is 4.60. The first kappa shape index (κ1) is 20.4. The number of thioether (sulfide) groups is 1. The first-order chi connectivity index (χ1) is 14.6. The predicted octanol–water partition coefficient (Wildman–Crippen LogP) is 2.41. The van der Waals surface area contributed by atoms with Crippen LogP contribution in [0.25, 0.3) is 6.08 Å². The molecule has 2 amide bonds. The van der Waals surface area contributed by atoms with E-state index in [1.807, 2.05) is 29.0 Å². The molecule has 10 heteroatoms. The van der Waals surface area contributed by atoms with Crippen molar-refractivity contribution < 1.29 is 19.1 Å². The number of nitrogens with zero attached hydrogens (tertiary/aromatic N) is 3. The van der Waals surface area contributed by atoms with E-state index in [2.05, 4.69) is 10.3 Å². The van der Waals surface area contributed by atoms with Crippen LogP contribution in [0.3, 0.4) is 0 Å². The van der Waals surface area contributed by atoms with Gasteiger partial charge in [0.05, 0.1) is 11.2 Å². The number of ether oxygens (including phenoxy) is 2. The number of amides is 2. The summed E-state index contributed by atoms with van der Waals surface area (Å²) in [6.07, 6.45) is 8.14. The van der Waals surface area contributed by atoms with Gasteiger partial charge in [-0.3, -0.25) is 14.5 Å². The number of hydrogen-bond acceptors (Lipinski definition) is 7. The van der Waals surface area contributed by atoms with E-state index in [1.54, 1.807) is 18.6 Å². The highest BCUT2D eigenvalue weighted by Crippen LogP contribution is 2.36. The normalized spacial score (nSPS) is 16.5. The maximum atomic E-state index is 12.7. The number of rotatable bonds is 8. The van der Waals surface area contributed by atoms with Crippen LogP contribution in [0.15, 0.2) is 41.8 Å². The van der Waals surface area contributed by atoms with Crippen LogP contribution in [0, 0.1) is 0 Å². The molecule has 2 aromatic rings. The van der Waals surface area contributed by atoms with Crippen LogP contribution in [0.5, 0.6) is 11.5 Å².